The predicted molar refractivity (Wildman–Crippen MR) is 44.5 cm³/mol. The molecule has 14 heteroatoms. The normalized spacial score (nSPS) is 16.8. The van der Waals surface area contributed by atoms with Gasteiger partial charge in [0.2, 0.25) is 0 Å². The van der Waals surface area contributed by atoms with Crippen LogP contribution in [0.2, 0.25) is 0 Å². The molecule has 0 spiro atoms. The van der Waals surface area contributed by atoms with Gasteiger partial charge in [0, 0.05) is 14.4 Å². The first-order valence-electron chi connectivity index (χ1n) is 4.11. The van der Waals surface area contributed by atoms with Gasteiger partial charge >= 0.3 is 24.2 Å². The fraction of sp³-hybridized carbons (Fsp3) is 0.667. The first-order valence-corrected chi connectivity index (χ1v) is 7.50. The molecule has 2 atom stereocenters. The summed E-state index contributed by atoms with van der Waals surface area (Å²) in [4.78, 5) is 0. The first kappa shape index (κ1) is 17.6. The third-order valence-electron chi connectivity index (χ3n) is 1.87. The molecule has 0 fully saturated rings. The molecule has 0 saturated carbocycles. The molecule has 0 N–H and O–H groups in total. The standard InChI is InChI=1S/C6F12P2/c7-3(8,9)1-2(4(10,11)12)20(6(16,17)18)19(1)5(13,14)15. The van der Waals surface area contributed by atoms with Gasteiger partial charge in [-0.3, -0.25) is 0 Å². The largest absolute Gasteiger partial charge is 0.432 e. The molecular weight excluding hydrogens is 362 g/mol. The van der Waals surface area contributed by atoms with Crippen LogP contribution in [-0.4, -0.2) is 0 Å². The number of rotatable bonds is 0. The molecule has 0 aliphatic rings. The van der Waals surface area contributed by atoms with E-state index in [2.05, 4.69) is 0 Å². The Labute approximate surface area is 103 Å². The highest BCUT2D eigenvalue weighted by molar-refractivity contribution is 8.12. The van der Waals surface area contributed by atoms with Gasteiger partial charge in [0.15, 0.2) is 0 Å². The average molecular weight is 362 g/mol. The molecule has 2 unspecified atom stereocenters. The molecule has 0 nitrogen and oxygen atoms in total. The van der Waals surface area contributed by atoms with Gasteiger partial charge in [-0.2, -0.15) is 52.7 Å². The minimum atomic E-state index is -6.11. The van der Waals surface area contributed by atoms with Crippen LogP contribution in [0.15, 0.2) is 0 Å². The van der Waals surface area contributed by atoms with Crippen molar-refractivity contribution in [1.29, 1.82) is 0 Å². The molecule has 0 aliphatic carbocycles. The monoisotopic (exact) mass is 362 g/mol. The Morgan fingerprint density at radius 3 is 0.750 bits per heavy atom. The molecule has 1 rings (SSSR count). The van der Waals surface area contributed by atoms with Gasteiger partial charge < -0.3 is 0 Å². The Morgan fingerprint density at radius 1 is 0.450 bits per heavy atom. The van der Waals surface area contributed by atoms with Crippen molar-refractivity contribution >= 4 is 14.4 Å². The van der Waals surface area contributed by atoms with E-state index in [4.69, 9.17) is 0 Å². The molecule has 118 valence electrons. The van der Waals surface area contributed by atoms with Gasteiger partial charge in [-0.05, 0) is 0 Å². The summed E-state index contributed by atoms with van der Waals surface area (Å²) >= 11 is 0. The van der Waals surface area contributed by atoms with E-state index >= 15 is 0 Å². The molecule has 0 radical (unpaired) electrons. The van der Waals surface area contributed by atoms with Crippen molar-refractivity contribution in [1.82, 2.24) is 0 Å². The fourth-order valence-corrected chi connectivity index (χ4v) is 7.59. The maximum atomic E-state index is 12.3. The van der Waals surface area contributed by atoms with Crippen LogP contribution in [0, 0.1) is 0 Å². The second-order valence-electron chi connectivity index (χ2n) is 3.25. The summed E-state index contributed by atoms with van der Waals surface area (Å²) in [5.74, 6) is -12.0. The lowest BCUT2D eigenvalue weighted by atomic mass is 10.4. The van der Waals surface area contributed by atoms with Crippen molar-refractivity contribution < 1.29 is 52.7 Å². The van der Waals surface area contributed by atoms with Crippen molar-refractivity contribution in [3.63, 3.8) is 0 Å². The van der Waals surface area contributed by atoms with Crippen LogP contribution < -0.4 is 0 Å². The van der Waals surface area contributed by atoms with E-state index in [-0.39, 0.29) is 0 Å². The Bertz CT molecular complexity index is 383. The zero-order valence-corrected chi connectivity index (χ0v) is 10.2. The topological polar surface area (TPSA) is 0 Å². The van der Waals surface area contributed by atoms with E-state index in [0.717, 1.165) is 0 Å². The summed E-state index contributed by atoms with van der Waals surface area (Å²) in [7, 11) is -9.94. The van der Waals surface area contributed by atoms with E-state index < -0.39 is 49.2 Å². The average Bonchev–Trinajstić information content (AvgIpc) is 1.86. The fourth-order valence-electron chi connectivity index (χ4n) is 1.34. The lowest BCUT2D eigenvalue weighted by Gasteiger charge is -2.31. The van der Waals surface area contributed by atoms with Crippen LogP contribution in [0.4, 0.5) is 52.7 Å². The predicted octanol–water partition coefficient (Wildman–Crippen LogP) is 6.65. The first-order chi connectivity index (χ1) is 8.49. The van der Waals surface area contributed by atoms with E-state index in [1.165, 1.54) is 0 Å². The van der Waals surface area contributed by atoms with Crippen LogP contribution in [0.25, 0.3) is 0 Å². The lowest BCUT2D eigenvalue weighted by Crippen LogP contribution is -2.22. The zero-order valence-electron chi connectivity index (χ0n) is 8.43. The van der Waals surface area contributed by atoms with Crippen LogP contribution in [0.1, 0.15) is 10.6 Å². The van der Waals surface area contributed by atoms with Crippen molar-refractivity contribution in [3.8, 4) is 0 Å². The summed E-state index contributed by atoms with van der Waals surface area (Å²) in [6, 6.07) is 0. The minimum Gasteiger partial charge on any atom is -0.166 e. The van der Waals surface area contributed by atoms with Gasteiger partial charge in [0.25, 0.3) is 0 Å². The number of alkyl halides is 12. The van der Waals surface area contributed by atoms with Crippen LogP contribution >= 0.6 is 14.4 Å². The number of hydrogen-bond donors (Lipinski definition) is 0. The van der Waals surface area contributed by atoms with Gasteiger partial charge in [-0.1, -0.05) is 0 Å². The van der Waals surface area contributed by atoms with Crippen LogP contribution in [-0.2, 0) is 24.2 Å². The van der Waals surface area contributed by atoms with E-state index in [1.54, 1.807) is 0 Å². The molecule has 0 aromatic carbocycles. The highest BCUT2D eigenvalue weighted by atomic mass is 31.9. The summed E-state index contributed by atoms with van der Waals surface area (Å²) in [5, 5.41) is -6.29. The van der Waals surface area contributed by atoms with E-state index in [0.29, 0.717) is 0 Å². The zero-order chi connectivity index (χ0) is 16.3. The van der Waals surface area contributed by atoms with Crippen molar-refractivity contribution in [2.75, 3.05) is 0 Å². The smallest absolute Gasteiger partial charge is 0.166 e. The minimum absolute atomic E-state index is 3.14. The Balaban J connectivity index is 3.77. The van der Waals surface area contributed by atoms with Crippen molar-refractivity contribution in [3.05, 3.63) is 10.6 Å². The van der Waals surface area contributed by atoms with Crippen LogP contribution in [0.3, 0.4) is 0 Å². The summed E-state index contributed by atoms with van der Waals surface area (Å²) in [6.45, 7) is 0. The maximum Gasteiger partial charge on any atom is 0.432 e. The molecule has 20 heavy (non-hydrogen) atoms. The van der Waals surface area contributed by atoms with Crippen molar-refractivity contribution in [2.45, 2.75) is 24.2 Å². The summed E-state index contributed by atoms with van der Waals surface area (Å²) in [6.07, 6.45) is -12.2. The molecule has 0 aliphatic heterocycles. The van der Waals surface area contributed by atoms with Gasteiger partial charge in [-0.15, -0.1) is 0 Å². The van der Waals surface area contributed by atoms with Gasteiger partial charge in [0.05, 0.1) is 0 Å². The molecule has 0 amide bonds. The molecule has 1 heterocycles. The Kier molecular flexibility index (Phi) is 3.95. The summed E-state index contributed by atoms with van der Waals surface area (Å²) < 4.78 is 147. The highest BCUT2D eigenvalue weighted by Crippen LogP contribution is 2.82. The van der Waals surface area contributed by atoms with Gasteiger partial charge in [-0.25, -0.2) is 0 Å². The van der Waals surface area contributed by atoms with Gasteiger partial charge in [0.1, 0.15) is 10.6 Å². The van der Waals surface area contributed by atoms with Crippen LogP contribution in [0.5, 0.6) is 0 Å². The molecule has 1 aromatic heterocycles. The number of halogens is 12. The third-order valence-corrected chi connectivity index (χ3v) is 8.96. The quantitative estimate of drug-likeness (QED) is 0.454. The third kappa shape index (κ3) is 3.05. The van der Waals surface area contributed by atoms with E-state index in [9.17, 15) is 52.7 Å². The maximum absolute atomic E-state index is 12.3. The molecule has 0 saturated heterocycles. The second-order valence-corrected chi connectivity index (χ2v) is 8.81. The Hall–Kier alpha value is -0.500. The molecule has 0 bridgehead atoms. The number of hydrogen-bond acceptors (Lipinski definition) is 0. The van der Waals surface area contributed by atoms with Crippen molar-refractivity contribution in [2.24, 2.45) is 0 Å². The summed E-state index contributed by atoms with van der Waals surface area (Å²) in [5.41, 5.74) is 0. The SMILES string of the molecule is FC(F)(F)c1c(C(F)(F)F)p(C(F)(F)F)p1C(F)(F)F. The molecular formula is C6F12P2. The highest BCUT2D eigenvalue weighted by Gasteiger charge is 2.62. The Morgan fingerprint density at radius 2 is 0.650 bits per heavy atom. The second kappa shape index (κ2) is 4.50. The molecule has 1 aromatic rings. The van der Waals surface area contributed by atoms with E-state index in [1.807, 2.05) is 0 Å². The lowest BCUT2D eigenvalue weighted by molar-refractivity contribution is -0.161.